The van der Waals surface area contributed by atoms with Crippen molar-refractivity contribution in [2.45, 2.75) is 33.4 Å². The van der Waals surface area contributed by atoms with Gasteiger partial charge >= 0.3 is 0 Å². The van der Waals surface area contributed by atoms with Crippen LogP contribution in [-0.2, 0) is 6.54 Å². The smallest absolute Gasteiger partial charge is 0.259 e. The SMILES string of the molecule is Cc1nocc1C(=O)N(Cc1ccc2c(c1)OCCO2)C(C)C. The molecule has 1 amide bonds. The zero-order chi connectivity index (χ0) is 16.4. The van der Waals surface area contributed by atoms with Crippen LogP contribution in [-0.4, -0.2) is 35.2 Å². The van der Waals surface area contributed by atoms with Gasteiger partial charge in [0.25, 0.3) is 5.91 Å². The highest BCUT2D eigenvalue weighted by Crippen LogP contribution is 2.31. The zero-order valence-corrected chi connectivity index (χ0v) is 13.5. The van der Waals surface area contributed by atoms with Crippen molar-refractivity contribution in [3.05, 3.63) is 41.3 Å². The molecule has 6 heteroatoms. The monoisotopic (exact) mass is 316 g/mol. The maximum absolute atomic E-state index is 12.7. The molecule has 2 aromatic rings. The highest BCUT2D eigenvalue weighted by atomic mass is 16.6. The van der Waals surface area contributed by atoms with Gasteiger partial charge in [-0.2, -0.15) is 0 Å². The van der Waals surface area contributed by atoms with Crippen molar-refractivity contribution < 1.29 is 18.8 Å². The molecule has 1 aromatic heterocycles. The third-order valence-electron chi connectivity index (χ3n) is 3.82. The molecule has 0 aliphatic carbocycles. The number of hydrogen-bond donors (Lipinski definition) is 0. The Labute approximate surface area is 135 Å². The van der Waals surface area contributed by atoms with Crippen molar-refractivity contribution in [2.75, 3.05) is 13.2 Å². The van der Waals surface area contributed by atoms with Gasteiger partial charge in [-0.15, -0.1) is 0 Å². The number of carbonyl (C=O) groups is 1. The largest absolute Gasteiger partial charge is 0.486 e. The topological polar surface area (TPSA) is 64.8 Å². The number of ether oxygens (including phenoxy) is 2. The number of carbonyl (C=O) groups excluding carboxylic acids is 1. The van der Waals surface area contributed by atoms with Gasteiger partial charge in [0.1, 0.15) is 25.0 Å². The van der Waals surface area contributed by atoms with Crippen LogP contribution in [0.3, 0.4) is 0 Å². The van der Waals surface area contributed by atoms with Crippen LogP contribution in [0.25, 0.3) is 0 Å². The normalized spacial score (nSPS) is 13.2. The van der Waals surface area contributed by atoms with E-state index >= 15 is 0 Å². The quantitative estimate of drug-likeness (QED) is 0.868. The Morgan fingerprint density at radius 1 is 1.26 bits per heavy atom. The molecule has 1 aliphatic rings. The molecule has 0 N–H and O–H groups in total. The molecule has 0 unspecified atom stereocenters. The minimum atomic E-state index is -0.0892. The number of fused-ring (bicyclic) bond motifs is 1. The molecule has 0 radical (unpaired) electrons. The fourth-order valence-electron chi connectivity index (χ4n) is 2.52. The van der Waals surface area contributed by atoms with E-state index in [4.69, 9.17) is 14.0 Å². The highest BCUT2D eigenvalue weighted by Gasteiger charge is 2.23. The first-order valence-electron chi connectivity index (χ1n) is 7.66. The van der Waals surface area contributed by atoms with Gasteiger partial charge in [-0.3, -0.25) is 4.79 Å². The van der Waals surface area contributed by atoms with Crippen molar-refractivity contribution in [1.82, 2.24) is 10.1 Å². The molecule has 23 heavy (non-hydrogen) atoms. The maximum Gasteiger partial charge on any atom is 0.259 e. The van der Waals surface area contributed by atoms with E-state index in [2.05, 4.69) is 5.16 Å². The summed E-state index contributed by atoms with van der Waals surface area (Å²) in [4.78, 5) is 14.5. The van der Waals surface area contributed by atoms with E-state index in [-0.39, 0.29) is 11.9 Å². The Hall–Kier alpha value is -2.50. The highest BCUT2D eigenvalue weighted by molar-refractivity contribution is 5.95. The van der Waals surface area contributed by atoms with Crippen molar-refractivity contribution in [3.63, 3.8) is 0 Å². The first-order valence-corrected chi connectivity index (χ1v) is 7.66. The minimum absolute atomic E-state index is 0.0463. The van der Waals surface area contributed by atoms with Crippen molar-refractivity contribution in [1.29, 1.82) is 0 Å². The van der Waals surface area contributed by atoms with E-state index in [1.165, 1.54) is 6.26 Å². The number of aromatic nitrogens is 1. The average molecular weight is 316 g/mol. The average Bonchev–Trinajstić information content (AvgIpc) is 2.97. The molecule has 0 saturated heterocycles. The van der Waals surface area contributed by atoms with Crippen LogP contribution >= 0.6 is 0 Å². The summed E-state index contributed by atoms with van der Waals surface area (Å²) in [6.45, 7) is 7.33. The molecule has 0 saturated carbocycles. The molecule has 3 rings (SSSR count). The lowest BCUT2D eigenvalue weighted by atomic mass is 10.1. The van der Waals surface area contributed by atoms with E-state index in [0.717, 1.165) is 17.1 Å². The molecule has 0 fully saturated rings. The lowest BCUT2D eigenvalue weighted by Gasteiger charge is -2.27. The number of amides is 1. The molecule has 0 atom stereocenters. The molecule has 0 bridgehead atoms. The number of benzene rings is 1. The molecule has 1 aliphatic heterocycles. The summed E-state index contributed by atoms with van der Waals surface area (Å²) in [5.74, 6) is 1.39. The summed E-state index contributed by atoms with van der Waals surface area (Å²) < 4.78 is 16.0. The van der Waals surface area contributed by atoms with E-state index < -0.39 is 0 Å². The van der Waals surface area contributed by atoms with Crippen molar-refractivity contribution in [3.8, 4) is 11.5 Å². The predicted octanol–water partition coefficient (Wildman–Crippen LogP) is 2.81. The summed E-state index contributed by atoms with van der Waals surface area (Å²) in [7, 11) is 0. The maximum atomic E-state index is 12.7. The molecule has 6 nitrogen and oxygen atoms in total. The first-order chi connectivity index (χ1) is 11.1. The molecular formula is C17H20N2O4. The first kappa shape index (κ1) is 15.4. The predicted molar refractivity (Wildman–Crippen MR) is 83.7 cm³/mol. The number of aryl methyl sites for hydroxylation is 1. The molecular weight excluding hydrogens is 296 g/mol. The van der Waals surface area contributed by atoms with Crippen molar-refractivity contribution >= 4 is 5.91 Å². The molecule has 122 valence electrons. The molecule has 2 heterocycles. The Morgan fingerprint density at radius 3 is 2.65 bits per heavy atom. The number of rotatable bonds is 4. The second-order valence-electron chi connectivity index (χ2n) is 5.82. The van der Waals surface area contributed by atoms with Crippen LogP contribution in [0.2, 0.25) is 0 Å². The zero-order valence-electron chi connectivity index (χ0n) is 13.5. The Morgan fingerprint density at radius 2 is 2.00 bits per heavy atom. The Balaban J connectivity index is 1.83. The van der Waals surface area contributed by atoms with E-state index in [9.17, 15) is 4.79 Å². The number of hydrogen-bond acceptors (Lipinski definition) is 5. The second kappa shape index (κ2) is 6.32. The van der Waals surface area contributed by atoms with Crippen LogP contribution in [0.1, 0.15) is 35.5 Å². The van der Waals surface area contributed by atoms with Gasteiger partial charge in [-0.1, -0.05) is 11.2 Å². The third-order valence-corrected chi connectivity index (χ3v) is 3.82. The van der Waals surface area contributed by atoms with Gasteiger partial charge in [0.2, 0.25) is 0 Å². The summed E-state index contributed by atoms with van der Waals surface area (Å²) >= 11 is 0. The molecule has 0 spiro atoms. The van der Waals surface area contributed by atoms with Gasteiger partial charge in [-0.05, 0) is 38.5 Å². The Kier molecular flexibility index (Phi) is 4.23. The third kappa shape index (κ3) is 3.16. The lowest BCUT2D eigenvalue weighted by Crippen LogP contribution is -2.36. The minimum Gasteiger partial charge on any atom is -0.486 e. The van der Waals surface area contributed by atoms with E-state index in [0.29, 0.717) is 31.0 Å². The van der Waals surface area contributed by atoms with Gasteiger partial charge in [0.15, 0.2) is 11.5 Å². The second-order valence-corrected chi connectivity index (χ2v) is 5.82. The van der Waals surface area contributed by atoms with Gasteiger partial charge < -0.3 is 18.9 Å². The summed E-state index contributed by atoms with van der Waals surface area (Å²) in [5.41, 5.74) is 2.09. The lowest BCUT2D eigenvalue weighted by molar-refractivity contribution is 0.0688. The van der Waals surface area contributed by atoms with Gasteiger partial charge in [0.05, 0.1) is 5.69 Å². The fraction of sp³-hybridized carbons (Fsp3) is 0.412. The summed E-state index contributed by atoms with van der Waals surface area (Å²) in [5, 5.41) is 3.79. The summed E-state index contributed by atoms with van der Waals surface area (Å²) in [6.07, 6.45) is 1.40. The van der Waals surface area contributed by atoms with Crippen LogP contribution in [0.15, 0.2) is 29.0 Å². The number of nitrogens with zero attached hydrogens (tertiary/aromatic N) is 2. The van der Waals surface area contributed by atoms with Crippen LogP contribution in [0.5, 0.6) is 11.5 Å². The van der Waals surface area contributed by atoms with E-state index in [1.807, 2.05) is 32.0 Å². The Bertz CT molecular complexity index is 708. The van der Waals surface area contributed by atoms with Crippen molar-refractivity contribution in [2.24, 2.45) is 0 Å². The standard InChI is InChI=1S/C17H20N2O4/c1-11(2)19(17(20)14-10-23-18-12(14)3)9-13-4-5-15-16(8-13)22-7-6-21-15/h4-5,8,10-11H,6-7,9H2,1-3H3. The van der Waals surface area contributed by atoms with Gasteiger partial charge in [0, 0.05) is 12.6 Å². The molecule has 1 aromatic carbocycles. The fourth-order valence-corrected chi connectivity index (χ4v) is 2.52. The van der Waals surface area contributed by atoms with Crippen LogP contribution in [0, 0.1) is 6.92 Å². The van der Waals surface area contributed by atoms with Gasteiger partial charge in [-0.25, -0.2) is 0 Å². The van der Waals surface area contributed by atoms with Crippen LogP contribution in [0.4, 0.5) is 0 Å². The van der Waals surface area contributed by atoms with E-state index in [1.54, 1.807) is 11.8 Å². The summed E-state index contributed by atoms with van der Waals surface area (Å²) in [6, 6.07) is 5.82. The van der Waals surface area contributed by atoms with Crippen LogP contribution < -0.4 is 9.47 Å².